The average molecular weight is 346 g/mol. The highest BCUT2D eigenvalue weighted by atomic mass is 32.2. The summed E-state index contributed by atoms with van der Waals surface area (Å²) in [5.41, 5.74) is 4.45. The Hall–Kier alpha value is -1.65. The fourth-order valence-corrected chi connectivity index (χ4v) is 3.86. The van der Waals surface area contributed by atoms with Gasteiger partial charge >= 0.3 is 0 Å². The van der Waals surface area contributed by atoms with Crippen molar-refractivity contribution >= 4 is 10.0 Å². The maximum Gasteiger partial charge on any atom is 0.240 e. The van der Waals surface area contributed by atoms with E-state index in [1.54, 1.807) is 12.1 Å². The first-order chi connectivity index (χ1) is 11.4. The molecule has 2 rings (SSSR count). The third kappa shape index (κ3) is 5.46. The van der Waals surface area contributed by atoms with E-state index in [0.717, 1.165) is 29.5 Å². The second kappa shape index (κ2) is 8.45. The van der Waals surface area contributed by atoms with Crippen LogP contribution < -0.4 is 4.72 Å². The molecule has 0 atom stereocenters. The minimum absolute atomic E-state index is 0.309. The molecule has 1 N–H and O–H groups in total. The Morgan fingerprint density at radius 3 is 2.08 bits per heavy atom. The SMILES string of the molecule is CCCCCc1ccc(S(=O)(=O)NCc2cc(C)cc(C)c2)cc1. The third-order valence-corrected chi connectivity index (χ3v) is 5.47. The number of aryl methyl sites for hydroxylation is 3. The Kier molecular flexibility index (Phi) is 6.58. The molecule has 0 amide bonds. The van der Waals surface area contributed by atoms with E-state index in [1.165, 1.54) is 18.4 Å². The van der Waals surface area contributed by atoms with E-state index in [4.69, 9.17) is 0 Å². The number of benzene rings is 2. The second-order valence-corrected chi connectivity index (χ2v) is 8.19. The van der Waals surface area contributed by atoms with Gasteiger partial charge in [-0.2, -0.15) is 0 Å². The molecule has 0 radical (unpaired) electrons. The van der Waals surface area contributed by atoms with E-state index in [0.29, 0.717) is 11.4 Å². The highest BCUT2D eigenvalue weighted by Crippen LogP contribution is 2.14. The minimum Gasteiger partial charge on any atom is -0.207 e. The molecule has 0 fully saturated rings. The zero-order chi connectivity index (χ0) is 17.6. The molecule has 4 heteroatoms. The fourth-order valence-electron chi connectivity index (χ4n) is 2.85. The normalized spacial score (nSPS) is 11.6. The van der Waals surface area contributed by atoms with Crippen LogP contribution in [0.4, 0.5) is 0 Å². The van der Waals surface area contributed by atoms with Crippen LogP contribution in [-0.2, 0) is 23.0 Å². The topological polar surface area (TPSA) is 46.2 Å². The lowest BCUT2D eigenvalue weighted by molar-refractivity contribution is 0.581. The van der Waals surface area contributed by atoms with Gasteiger partial charge in [0.2, 0.25) is 10.0 Å². The zero-order valence-electron chi connectivity index (χ0n) is 14.8. The Morgan fingerprint density at radius 1 is 0.875 bits per heavy atom. The van der Waals surface area contributed by atoms with Crippen LogP contribution in [0.2, 0.25) is 0 Å². The lowest BCUT2D eigenvalue weighted by Gasteiger charge is -2.09. The van der Waals surface area contributed by atoms with Gasteiger partial charge in [0, 0.05) is 6.54 Å². The van der Waals surface area contributed by atoms with E-state index < -0.39 is 10.0 Å². The lowest BCUT2D eigenvalue weighted by Crippen LogP contribution is -2.23. The van der Waals surface area contributed by atoms with E-state index in [9.17, 15) is 8.42 Å². The monoisotopic (exact) mass is 345 g/mol. The number of rotatable bonds is 8. The van der Waals surface area contributed by atoms with Crippen LogP contribution in [0.25, 0.3) is 0 Å². The summed E-state index contributed by atoms with van der Waals surface area (Å²) in [7, 11) is -3.48. The summed E-state index contributed by atoms with van der Waals surface area (Å²) >= 11 is 0. The first kappa shape index (κ1) is 18.7. The molecule has 0 heterocycles. The van der Waals surface area contributed by atoms with Crippen molar-refractivity contribution in [3.05, 3.63) is 64.7 Å². The Labute approximate surface area is 146 Å². The van der Waals surface area contributed by atoms with Gasteiger partial charge in [-0.15, -0.1) is 0 Å². The van der Waals surface area contributed by atoms with Gasteiger partial charge in [-0.3, -0.25) is 0 Å². The van der Waals surface area contributed by atoms with Crippen LogP contribution in [0.1, 0.15) is 48.4 Å². The lowest BCUT2D eigenvalue weighted by atomic mass is 10.1. The smallest absolute Gasteiger partial charge is 0.207 e. The van der Waals surface area contributed by atoms with Gasteiger partial charge in [0.15, 0.2) is 0 Å². The van der Waals surface area contributed by atoms with Crippen molar-refractivity contribution in [2.45, 2.75) is 57.9 Å². The fraction of sp³-hybridized carbons (Fsp3) is 0.400. The maximum absolute atomic E-state index is 12.4. The zero-order valence-corrected chi connectivity index (χ0v) is 15.6. The van der Waals surface area contributed by atoms with Gasteiger partial charge in [0.25, 0.3) is 0 Å². The van der Waals surface area contributed by atoms with Gasteiger partial charge in [-0.05, 0) is 49.9 Å². The molecule has 0 aliphatic carbocycles. The van der Waals surface area contributed by atoms with Crippen molar-refractivity contribution in [3.63, 3.8) is 0 Å². The molecule has 3 nitrogen and oxygen atoms in total. The largest absolute Gasteiger partial charge is 0.240 e. The maximum atomic E-state index is 12.4. The number of hydrogen-bond donors (Lipinski definition) is 1. The number of unbranched alkanes of at least 4 members (excludes halogenated alkanes) is 2. The summed E-state index contributed by atoms with van der Waals surface area (Å²) in [6, 6.07) is 13.3. The summed E-state index contributed by atoms with van der Waals surface area (Å²) < 4.78 is 27.6. The number of nitrogens with one attached hydrogen (secondary N) is 1. The highest BCUT2D eigenvalue weighted by Gasteiger charge is 2.13. The van der Waals surface area contributed by atoms with Crippen molar-refractivity contribution in [1.29, 1.82) is 0 Å². The molecule has 24 heavy (non-hydrogen) atoms. The standard InChI is InChI=1S/C20H27NO2S/c1-4-5-6-7-18-8-10-20(11-9-18)24(22,23)21-15-19-13-16(2)12-17(3)14-19/h8-14,21H,4-7,15H2,1-3H3. The van der Waals surface area contributed by atoms with Crippen molar-refractivity contribution in [2.75, 3.05) is 0 Å². The van der Waals surface area contributed by atoms with E-state index >= 15 is 0 Å². The molecule has 2 aromatic carbocycles. The molecule has 0 saturated heterocycles. The average Bonchev–Trinajstić information content (AvgIpc) is 2.53. The quantitative estimate of drug-likeness (QED) is 0.715. The number of sulfonamides is 1. The summed E-state index contributed by atoms with van der Waals surface area (Å²) in [5, 5.41) is 0. The molecule has 0 spiro atoms. The van der Waals surface area contributed by atoms with Crippen LogP contribution in [0, 0.1) is 13.8 Å². The Balaban J connectivity index is 2.01. The first-order valence-electron chi connectivity index (χ1n) is 8.56. The van der Waals surface area contributed by atoms with Gasteiger partial charge in [0.1, 0.15) is 0 Å². The van der Waals surface area contributed by atoms with Gasteiger partial charge in [0.05, 0.1) is 4.90 Å². The van der Waals surface area contributed by atoms with Crippen LogP contribution in [-0.4, -0.2) is 8.42 Å². The second-order valence-electron chi connectivity index (χ2n) is 6.42. The van der Waals surface area contributed by atoms with Crippen LogP contribution in [0.15, 0.2) is 47.4 Å². The predicted molar refractivity (Wildman–Crippen MR) is 99.6 cm³/mol. The third-order valence-electron chi connectivity index (χ3n) is 4.05. The van der Waals surface area contributed by atoms with Gasteiger partial charge < -0.3 is 0 Å². The molecule has 130 valence electrons. The van der Waals surface area contributed by atoms with E-state index in [1.807, 2.05) is 38.1 Å². The van der Waals surface area contributed by atoms with E-state index in [-0.39, 0.29) is 0 Å². The van der Waals surface area contributed by atoms with Crippen molar-refractivity contribution in [1.82, 2.24) is 4.72 Å². The minimum atomic E-state index is -3.48. The van der Waals surface area contributed by atoms with Crippen LogP contribution in [0.5, 0.6) is 0 Å². The van der Waals surface area contributed by atoms with Crippen LogP contribution >= 0.6 is 0 Å². The predicted octanol–water partition coefficient (Wildman–Crippen LogP) is 4.51. The molecule has 0 unspecified atom stereocenters. The van der Waals surface area contributed by atoms with Crippen molar-refractivity contribution < 1.29 is 8.42 Å². The molecular formula is C20H27NO2S. The molecule has 0 bridgehead atoms. The number of hydrogen-bond acceptors (Lipinski definition) is 2. The molecule has 0 aliphatic rings. The molecule has 2 aromatic rings. The van der Waals surface area contributed by atoms with Crippen molar-refractivity contribution in [3.8, 4) is 0 Å². The molecule has 0 saturated carbocycles. The Bertz CT molecular complexity index is 744. The van der Waals surface area contributed by atoms with E-state index in [2.05, 4.69) is 17.7 Å². The van der Waals surface area contributed by atoms with Gasteiger partial charge in [-0.1, -0.05) is 61.2 Å². The summed E-state index contributed by atoms with van der Waals surface area (Å²) in [4.78, 5) is 0.325. The van der Waals surface area contributed by atoms with Crippen LogP contribution in [0.3, 0.4) is 0 Å². The molecule has 0 aromatic heterocycles. The van der Waals surface area contributed by atoms with Gasteiger partial charge in [-0.25, -0.2) is 13.1 Å². The Morgan fingerprint density at radius 2 is 1.50 bits per heavy atom. The summed E-state index contributed by atoms with van der Waals surface area (Å²) in [6.07, 6.45) is 4.55. The highest BCUT2D eigenvalue weighted by molar-refractivity contribution is 7.89. The van der Waals surface area contributed by atoms with Crippen molar-refractivity contribution in [2.24, 2.45) is 0 Å². The summed E-state index contributed by atoms with van der Waals surface area (Å²) in [5.74, 6) is 0. The first-order valence-corrected chi connectivity index (χ1v) is 10.0. The molecular weight excluding hydrogens is 318 g/mol. The molecule has 0 aliphatic heterocycles. The summed E-state index contributed by atoms with van der Waals surface area (Å²) in [6.45, 7) is 6.52.